The van der Waals surface area contributed by atoms with Crippen LogP contribution in [0.2, 0.25) is 0 Å². The number of para-hydroxylation sites is 1. The predicted octanol–water partition coefficient (Wildman–Crippen LogP) is 2.43. The van der Waals surface area contributed by atoms with Crippen LogP contribution in [0.4, 0.5) is 0 Å². The van der Waals surface area contributed by atoms with Crippen LogP contribution in [0.25, 0.3) is 0 Å². The smallest absolute Gasteiger partial charge is 0.122 e. The molecule has 0 aliphatic carbocycles. The van der Waals surface area contributed by atoms with Crippen LogP contribution in [0.5, 0.6) is 5.75 Å². The van der Waals surface area contributed by atoms with Gasteiger partial charge in [0.05, 0.1) is 13.4 Å². The number of imidazole rings is 1. The summed E-state index contributed by atoms with van der Waals surface area (Å²) in [6.45, 7) is 0. The standard InChI is InChI=1S/C11H12N2O.ClH/c1-14-11-5-3-2-4-9(11)6-10-7-12-8-13-10;/h2-5,7-8H,6H2,1H3,(H,12,13);1H. The van der Waals surface area contributed by atoms with Gasteiger partial charge in [-0.15, -0.1) is 12.4 Å². The van der Waals surface area contributed by atoms with Crippen LogP contribution in [-0.2, 0) is 6.42 Å². The number of nitrogens with zero attached hydrogens (tertiary/aromatic N) is 1. The third-order valence-corrected chi connectivity index (χ3v) is 2.13. The van der Waals surface area contributed by atoms with Gasteiger partial charge in [0, 0.05) is 23.9 Å². The van der Waals surface area contributed by atoms with E-state index in [1.807, 2.05) is 24.4 Å². The summed E-state index contributed by atoms with van der Waals surface area (Å²) in [7, 11) is 1.69. The number of aromatic nitrogens is 2. The zero-order valence-electron chi connectivity index (χ0n) is 8.43. The van der Waals surface area contributed by atoms with Crippen LogP contribution in [0.15, 0.2) is 36.8 Å². The first-order valence-corrected chi connectivity index (χ1v) is 4.49. The highest BCUT2D eigenvalue weighted by atomic mass is 35.5. The zero-order valence-corrected chi connectivity index (χ0v) is 9.25. The minimum absolute atomic E-state index is 0. The third kappa shape index (κ3) is 2.73. The Balaban J connectivity index is 0.00000112. The van der Waals surface area contributed by atoms with Gasteiger partial charge in [0.2, 0.25) is 0 Å². The Morgan fingerprint density at radius 3 is 2.80 bits per heavy atom. The molecule has 1 aromatic heterocycles. The molecule has 0 spiro atoms. The van der Waals surface area contributed by atoms with Crippen molar-refractivity contribution in [3.8, 4) is 5.75 Å². The van der Waals surface area contributed by atoms with Crippen molar-refractivity contribution in [3.05, 3.63) is 48.0 Å². The molecule has 1 N–H and O–H groups in total. The Kier molecular flexibility index (Phi) is 4.18. The molecule has 0 radical (unpaired) electrons. The summed E-state index contributed by atoms with van der Waals surface area (Å²) in [5.41, 5.74) is 2.26. The van der Waals surface area contributed by atoms with E-state index in [2.05, 4.69) is 16.0 Å². The molecule has 1 heterocycles. The fraction of sp³-hybridized carbons (Fsp3) is 0.182. The second-order valence-corrected chi connectivity index (χ2v) is 3.07. The Labute approximate surface area is 94.9 Å². The normalized spacial score (nSPS) is 9.40. The Morgan fingerprint density at radius 1 is 1.33 bits per heavy atom. The van der Waals surface area contributed by atoms with E-state index in [1.54, 1.807) is 13.4 Å². The number of rotatable bonds is 3. The highest BCUT2D eigenvalue weighted by molar-refractivity contribution is 5.85. The van der Waals surface area contributed by atoms with Crippen LogP contribution in [-0.4, -0.2) is 17.1 Å². The molecular weight excluding hydrogens is 212 g/mol. The number of benzene rings is 1. The van der Waals surface area contributed by atoms with Crippen LogP contribution in [0.3, 0.4) is 0 Å². The topological polar surface area (TPSA) is 37.9 Å². The molecule has 0 unspecified atom stereocenters. The molecule has 0 aliphatic rings. The van der Waals surface area contributed by atoms with Crippen molar-refractivity contribution >= 4 is 12.4 Å². The third-order valence-electron chi connectivity index (χ3n) is 2.13. The predicted molar refractivity (Wildman–Crippen MR) is 61.6 cm³/mol. The first-order chi connectivity index (χ1) is 6.90. The number of H-pyrrole nitrogens is 1. The van der Waals surface area contributed by atoms with Crippen molar-refractivity contribution in [2.24, 2.45) is 0 Å². The molecule has 80 valence electrons. The molecule has 0 saturated carbocycles. The van der Waals surface area contributed by atoms with Gasteiger partial charge in [-0.25, -0.2) is 4.98 Å². The summed E-state index contributed by atoms with van der Waals surface area (Å²) in [4.78, 5) is 7.05. The number of halogens is 1. The summed E-state index contributed by atoms with van der Waals surface area (Å²) in [5, 5.41) is 0. The molecule has 15 heavy (non-hydrogen) atoms. The Hall–Kier alpha value is -1.48. The molecule has 0 atom stereocenters. The van der Waals surface area contributed by atoms with E-state index < -0.39 is 0 Å². The van der Waals surface area contributed by atoms with Gasteiger partial charge in [0.25, 0.3) is 0 Å². The van der Waals surface area contributed by atoms with Gasteiger partial charge >= 0.3 is 0 Å². The number of ether oxygens (including phenoxy) is 1. The van der Waals surface area contributed by atoms with Crippen LogP contribution in [0.1, 0.15) is 11.3 Å². The minimum Gasteiger partial charge on any atom is -0.496 e. The van der Waals surface area contributed by atoms with Gasteiger partial charge < -0.3 is 9.72 Å². The van der Waals surface area contributed by atoms with Gasteiger partial charge in [-0.1, -0.05) is 18.2 Å². The number of hydrogen-bond donors (Lipinski definition) is 1. The first kappa shape index (κ1) is 11.6. The van der Waals surface area contributed by atoms with E-state index >= 15 is 0 Å². The van der Waals surface area contributed by atoms with Crippen molar-refractivity contribution in [2.45, 2.75) is 6.42 Å². The van der Waals surface area contributed by atoms with E-state index in [0.717, 1.165) is 17.9 Å². The quantitative estimate of drug-likeness (QED) is 0.870. The van der Waals surface area contributed by atoms with Gasteiger partial charge in [0.1, 0.15) is 5.75 Å². The molecule has 0 fully saturated rings. The average Bonchev–Trinajstić information content (AvgIpc) is 2.71. The lowest BCUT2D eigenvalue weighted by Gasteiger charge is -2.06. The number of methoxy groups -OCH3 is 1. The number of nitrogens with one attached hydrogen (secondary N) is 1. The monoisotopic (exact) mass is 224 g/mol. The van der Waals surface area contributed by atoms with Crippen LogP contribution >= 0.6 is 12.4 Å². The minimum atomic E-state index is 0. The van der Waals surface area contributed by atoms with Gasteiger partial charge in [-0.3, -0.25) is 0 Å². The van der Waals surface area contributed by atoms with E-state index in [-0.39, 0.29) is 12.4 Å². The summed E-state index contributed by atoms with van der Waals surface area (Å²) in [6.07, 6.45) is 4.33. The summed E-state index contributed by atoms with van der Waals surface area (Å²) < 4.78 is 5.26. The Morgan fingerprint density at radius 2 is 2.13 bits per heavy atom. The maximum atomic E-state index is 5.26. The lowest BCUT2D eigenvalue weighted by molar-refractivity contribution is 0.410. The lowest BCUT2D eigenvalue weighted by atomic mass is 10.1. The molecule has 1 aromatic carbocycles. The molecule has 3 nitrogen and oxygen atoms in total. The summed E-state index contributed by atoms with van der Waals surface area (Å²) in [6, 6.07) is 7.99. The number of hydrogen-bond acceptors (Lipinski definition) is 2. The summed E-state index contributed by atoms with van der Waals surface area (Å²) in [5.74, 6) is 0.919. The van der Waals surface area contributed by atoms with Crippen molar-refractivity contribution in [3.63, 3.8) is 0 Å². The van der Waals surface area contributed by atoms with Crippen molar-refractivity contribution in [2.75, 3.05) is 7.11 Å². The second-order valence-electron chi connectivity index (χ2n) is 3.07. The Bertz CT molecular complexity index is 401. The molecule has 0 amide bonds. The number of aromatic amines is 1. The van der Waals surface area contributed by atoms with Crippen LogP contribution < -0.4 is 4.74 Å². The fourth-order valence-electron chi connectivity index (χ4n) is 1.44. The molecular formula is C11H13ClN2O. The summed E-state index contributed by atoms with van der Waals surface area (Å²) >= 11 is 0. The largest absolute Gasteiger partial charge is 0.496 e. The van der Waals surface area contributed by atoms with Crippen molar-refractivity contribution in [1.29, 1.82) is 0 Å². The highest BCUT2D eigenvalue weighted by Crippen LogP contribution is 2.19. The average molecular weight is 225 g/mol. The van der Waals surface area contributed by atoms with Crippen molar-refractivity contribution in [1.82, 2.24) is 9.97 Å². The van der Waals surface area contributed by atoms with E-state index in [1.165, 1.54) is 5.56 Å². The molecule has 0 bridgehead atoms. The van der Waals surface area contributed by atoms with Crippen LogP contribution in [0, 0.1) is 0 Å². The van der Waals surface area contributed by atoms with Gasteiger partial charge in [0.15, 0.2) is 0 Å². The molecule has 4 heteroatoms. The van der Waals surface area contributed by atoms with E-state index in [0.29, 0.717) is 0 Å². The van der Waals surface area contributed by atoms with E-state index in [4.69, 9.17) is 4.74 Å². The molecule has 0 aliphatic heterocycles. The fourth-order valence-corrected chi connectivity index (χ4v) is 1.44. The molecule has 0 saturated heterocycles. The lowest BCUT2D eigenvalue weighted by Crippen LogP contribution is -1.93. The SMILES string of the molecule is COc1ccccc1Cc1cnc[nH]1.Cl. The highest BCUT2D eigenvalue weighted by Gasteiger charge is 2.02. The molecule has 2 rings (SSSR count). The molecule has 2 aromatic rings. The van der Waals surface area contributed by atoms with Gasteiger partial charge in [-0.2, -0.15) is 0 Å². The first-order valence-electron chi connectivity index (χ1n) is 4.49. The van der Waals surface area contributed by atoms with E-state index in [9.17, 15) is 0 Å². The van der Waals surface area contributed by atoms with Crippen molar-refractivity contribution < 1.29 is 4.74 Å². The second kappa shape index (κ2) is 5.41. The maximum Gasteiger partial charge on any atom is 0.122 e. The van der Waals surface area contributed by atoms with Gasteiger partial charge in [-0.05, 0) is 6.07 Å². The zero-order chi connectivity index (χ0) is 9.80. The maximum absolute atomic E-state index is 5.26.